The summed E-state index contributed by atoms with van der Waals surface area (Å²) < 4.78 is 0. The first-order valence-electron chi connectivity index (χ1n) is 6.16. The van der Waals surface area contributed by atoms with Gasteiger partial charge in [-0.25, -0.2) is 0 Å². The second-order valence-corrected chi connectivity index (χ2v) is 5.54. The summed E-state index contributed by atoms with van der Waals surface area (Å²) in [6, 6.07) is 4.26. The van der Waals surface area contributed by atoms with Crippen molar-refractivity contribution >= 4 is 5.69 Å². The second-order valence-electron chi connectivity index (χ2n) is 5.54. The van der Waals surface area contributed by atoms with Gasteiger partial charge in [-0.1, -0.05) is 20.3 Å². The molecule has 2 heteroatoms. The summed E-state index contributed by atoms with van der Waals surface area (Å²) in [6.07, 6.45) is 4.36. The van der Waals surface area contributed by atoms with Crippen LogP contribution in [0.5, 0.6) is 0 Å². The summed E-state index contributed by atoms with van der Waals surface area (Å²) in [5, 5.41) is 3.42. The predicted octanol–water partition coefficient (Wildman–Crippen LogP) is 4.20. The van der Waals surface area contributed by atoms with E-state index in [1.165, 1.54) is 18.5 Å². The lowest BCUT2D eigenvalue weighted by atomic mass is 10.0. The van der Waals surface area contributed by atoms with E-state index in [9.17, 15) is 0 Å². The van der Waals surface area contributed by atoms with Gasteiger partial charge in [-0.2, -0.15) is 0 Å². The second kappa shape index (κ2) is 5.33. The molecule has 0 radical (unpaired) electrons. The Morgan fingerprint density at radius 1 is 1.31 bits per heavy atom. The molecule has 0 fully saturated rings. The topological polar surface area (TPSA) is 24.9 Å². The Kier molecular flexibility index (Phi) is 4.34. The van der Waals surface area contributed by atoms with Crippen LogP contribution in [0.1, 0.15) is 59.1 Å². The Labute approximate surface area is 99.5 Å². The Morgan fingerprint density at radius 2 is 2.00 bits per heavy atom. The minimum absolute atomic E-state index is 0.0955. The molecule has 1 heterocycles. The quantitative estimate of drug-likeness (QED) is 0.822. The Bertz CT molecular complexity index is 309. The van der Waals surface area contributed by atoms with Crippen LogP contribution >= 0.6 is 0 Å². The summed E-state index contributed by atoms with van der Waals surface area (Å²) in [5.74, 6) is 0.564. The van der Waals surface area contributed by atoms with E-state index in [0.717, 1.165) is 5.69 Å². The zero-order chi connectivity index (χ0) is 12.2. The number of nitrogens with one attached hydrogen (secondary N) is 1. The van der Waals surface area contributed by atoms with Crippen molar-refractivity contribution in [2.45, 2.75) is 58.9 Å². The smallest absolute Gasteiger partial charge is 0.0530 e. The van der Waals surface area contributed by atoms with Gasteiger partial charge in [0.2, 0.25) is 0 Å². The molecule has 0 aliphatic rings. The maximum absolute atomic E-state index is 4.52. The molecule has 0 aliphatic heterocycles. The molecule has 0 aromatic carbocycles. The van der Waals surface area contributed by atoms with Gasteiger partial charge in [0.1, 0.15) is 0 Å². The summed E-state index contributed by atoms with van der Waals surface area (Å²) in [4.78, 5) is 4.52. The number of pyridine rings is 1. The van der Waals surface area contributed by atoms with Gasteiger partial charge < -0.3 is 5.32 Å². The lowest BCUT2D eigenvalue weighted by Crippen LogP contribution is -2.26. The zero-order valence-electron chi connectivity index (χ0n) is 11.2. The van der Waals surface area contributed by atoms with E-state index in [2.05, 4.69) is 57.1 Å². The van der Waals surface area contributed by atoms with Crippen molar-refractivity contribution in [3.05, 3.63) is 24.0 Å². The van der Waals surface area contributed by atoms with Gasteiger partial charge in [0.05, 0.1) is 11.9 Å². The van der Waals surface area contributed by atoms with E-state index in [0.29, 0.717) is 5.92 Å². The molecular weight excluding hydrogens is 196 g/mol. The number of hydrogen-bond acceptors (Lipinski definition) is 2. The molecular formula is C14H24N2. The van der Waals surface area contributed by atoms with Crippen molar-refractivity contribution in [2.75, 3.05) is 5.32 Å². The van der Waals surface area contributed by atoms with E-state index in [1.54, 1.807) is 0 Å². The summed E-state index contributed by atoms with van der Waals surface area (Å²) in [6.45, 7) is 10.9. The summed E-state index contributed by atoms with van der Waals surface area (Å²) in [5.41, 5.74) is 2.39. The maximum Gasteiger partial charge on any atom is 0.0530 e. The molecule has 0 spiro atoms. The van der Waals surface area contributed by atoms with Crippen LogP contribution in [0.15, 0.2) is 18.3 Å². The van der Waals surface area contributed by atoms with E-state index in [1.807, 2.05) is 6.20 Å². The van der Waals surface area contributed by atoms with E-state index in [4.69, 9.17) is 0 Å². The van der Waals surface area contributed by atoms with Gasteiger partial charge in [-0.15, -0.1) is 0 Å². The Hall–Kier alpha value is -1.05. The predicted molar refractivity (Wildman–Crippen MR) is 70.9 cm³/mol. The highest BCUT2D eigenvalue weighted by atomic mass is 15.0. The Morgan fingerprint density at radius 3 is 2.44 bits per heavy atom. The first kappa shape index (κ1) is 13.0. The Balaban J connectivity index is 2.68. The van der Waals surface area contributed by atoms with Gasteiger partial charge in [0, 0.05) is 11.2 Å². The average molecular weight is 220 g/mol. The van der Waals surface area contributed by atoms with Crippen LogP contribution in [0.3, 0.4) is 0 Å². The molecule has 2 nitrogen and oxygen atoms in total. The summed E-state index contributed by atoms with van der Waals surface area (Å²) in [7, 11) is 0. The van der Waals surface area contributed by atoms with Crippen molar-refractivity contribution in [1.82, 2.24) is 4.98 Å². The minimum atomic E-state index is 0.0955. The highest BCUT2D eigenvalue weighted by Crippen LogP contribution is 2.20. The van der Waals surface area contributed by atoms with E-state index in [-0.39, 0.29) is 5.54 Å². The molecule has 0 saturated carbocycles. The fourth-order valence-electron chi connectivity index (χ4n) is 1.78. The van der Waals surface area contributed by atoms with Crippen LogP contribution in [-0.2, 0) is 0 Å². The van der Waals surface area contributed by atoms with Gasteiger partial charge in [0.15, 0.2) is 0 Å². The maximum atomic E-state index is 4.52. The molecule has 0 bridgehead atoms. The summed E-state index contributed by atoms with van der Waals surface area (Å²) >= 11 is 0. The molecule has 1 aromatic heterocycles. The standard InChI is InChI=1S/C14H24N2/c1-6-7-11(2)13-9-8-12(10-15-13)16-14(3,4)5/h8-11,16H,6-7H2,1-5H3. The van der Waals surface area contributed by atoms with Crippen molar-refractivity contribution < 1.29 is 0 Å². The average Bonchev–Trinajstić information content (AvgIpc) is 2.16. The molecule has 1 rings (SSSR count). The molecule has 90 valence electrons. The van der Waals surface area contributed by atoms with E-state index < -0.39 is 0 Å². The number of anilines is 1. The molecule has 1 aromatic rings. The fourth-order valence-corrected chi connectivity index (χ4v) is 1.78. The first-order chi connectivity index (χ1) is 7.42. The van der Waals surface area contributed by atoms with Crippen molar-refractivity contribution in [3.8, 4) is 0 Å². The zero-order valence-corrected chi connectivity index (χ0v) is 11.2. The normalized spacial score (nSPS) is 13.6. The number of nitrogens with zero attached hydrogens (tertiary/aromatic N) is 1. The largest absolute Gasteiger partial charge is 0.379 e. The third-order valence-electron chi connectivity index (χ3n) is 2.53. The molecule has 1 N–H and O–H groups in total. The van der Waals surface area contributed by atoms with Gasteiger partial charge in [0.25, 0.3) is 0 Å². The third-order valence-corrected chi connectivity index (χ3v) is 2.53. The lowest BCUT2D eigenvalue weighted by Gasteiger charge is -2.22. The third kappa shape index (κ3) is 4.21. The molecule has 0 amide bonds. The van der Waals surface area contributed by atoms with Crippen LogP contribution in [-0.4, -0.2) is 10.5 Å². The fraction of sp³-hybridized carbons (Fsp3) is 0.643. The monoisotopic (exact) mass is 220 g/mol. The number of hydrogen-bond donors (Lipinski definition) is 1. The molecule has 1 atom stereocenters. The molecule has 16 heavy (non-hydrogen) atoms. The van der Waals surface area contributed by atoms with Crippen LogP contribution < -0.4 is 5.32 Å². The lowest BCUT2D eigenvalue weighted by molar-refractivity contribution is 0.630. The number of aromatic nitrogens is 1. The molecule has 0 saturated heterocycles. The van der Waals surface area contributed by atoms with Gasteiger partial charge >= 0.3 is 0 Å². The highest BCUT2D eigenvalue weighted by molar-refractivity contribution is 5.43. The number of rotatable bonds is 4. The highest BCUT2D eigenvalue weighted by Gasteiger charge is 2.10. The van der Waals surface area contributed by atoms with E-state index >= 15 is 0 Å². The van der Waals surface area contributed by atoms with Crippen molar-refractivity contribution in [1.29, 1.82) is 0 Å². The molecule has 1 unspecified atom stereocenters. The first-order valence-corrected chi connectivity index (χ1v) is 6.16. The van der Waals surface area contributed by atoms with Gasteiger partial charge in [-0.3, -0.25) is 4.98 Å². The minimum Gasteiger partial charge on any atom is -0.379 e. The van der Waals surface area contributed by atoms with Crippen LogP contribution in [0.25, 0.3) is 0 Å². The van der Waals surface area contributed by atoms with Crippen LogP contribution in [0, 0.1) is 0 Å². The molecule has 0 aliphatic carbocycles. The van der Waals surface area contributed by atoms with Crippen molar-refractivity contribution in [2.24, 2.45) is 0 Å². The SMILES string of the molecule is CCCC(C)c1ccc(NC(C)(C)C)cn1. The van der Waals surface area contributed by atoms with Crippen LogP contribution in [0.2, 0.25) is 0 Å². The van der Waals surface area contributed by atoms with Crippen LogP contribution in [0.4, 0.5) is 5.69 Å². The van der Waals surface area contributed by atoms with Gasteiger partial charge in [-0.05, 0) is 45.2 Å². The van der Waals surface area contributed by atoms with Crippen molar-refractivity contribution in [3.63, 3.8) is 0 Å².